The van der Waals surface area contributed by atoms with E-state index in [-0.39, 0.29) is 31.0 Å². The van der Waals surface area contributed by atoms with Crippen LogP contribution in [-0.2, 0) is 9.47 Å². The molecule has 0 N–H and O–H groups in total. The highest BCUT2D eigenvalue weighted by atomic mass is 35.5. The number of imide groups is 1. The van der Waals surface area contributed by atoms with Gasteiger partial charge in [0.15, 0.2) is 0 Å². The Morgan fingerprint density at radius 1 is 0.947 bits per heavy atom. The van der Waals surface area contributed by atoms with Gasteiger partial charge in [-0.1, -0.05) is 23.7 Å². The number of hydrogen-bond acceptors (Lipinski definition) is 4. The van der Waals surface area contributed by atoms with Crippen molar-refractivity contribution in [2.45, 2.75) is 0 Å². The van der Waals surface area contributed by atoms with Gasteiger partial charge >= 0.3 is 0 Å². The van der Waals surface area contributed by atoms with E-state index in [1.54, 1.807) is 24.3 Å². The molecule has 6 heteroatoms. The van der Waals surface area contributed by atoms with Gasteiger partial charge in [-0.2, -0.15) is 0 Å². The molecular formula is C13H14ClNO4. The maximum atomic E-state index is 12.0. The molecule has 1 aliphatic heterocycles. The van der Waals surface area contributed by atoms with Crippen LogP contribution in [0.15, 0.2) is 24.3 Å². The lowest BCUT2D eigenvalue weighted by molar-refractivity contribution is 0.0436. The van der Waals surface area contributed by atoms with E-state index in [2.05, 4.69) is 0 Å². The summed E-state index contributed by atoms with van der Waals surface area (Å²) in [5, 5.41) is 0. The molecule has 0 saturated heterocycles. The van der Waals surface area contributed by atoms with Crippen LogP contribution < -0.4 is 0 Å². The molecule has 0 unspecified atom stereocenters. The first-order chi connectivity index (χ1) is 9.25. The summed E-state index contributed by atoms with van der Waals surface area (Å²) in [5.41, 5.74) is 0.913. The first-order valence-corrected chi connectivity index (χ1v) is 6.46. The van der Waals surface area contributed by atoms with Crippen molar-refractivity contribution in [2.75, 3.05) is 32.4 Å². The molecule has 2 amide bonds. The molecular weight excluding hydrogens is 270 g/mol. The predicted octanol–water partition coefficient (Wildman–Crippen LogP) is 1.51. The molecule has 0 fully saturated rings. The number of hydrogen-bond donors (Lipinski definition) is 0. The van der Waals surface area contributed by atoms with Gasteiger partial charge in [-0.05, 0) is 12.1 Å². The SMILES string of the molecule is O=C1c2ccccc2C(=O)N1CCOCCOCCl. The van der Waals surface area contributed by atoms with Gasteiger partial charge in [0.05, 0.1) is 37.5 Å². The number of amides is 2. The molecule has 1 aliphatic rings. The van der Waals surface area contributed by atoms with Crippen molar-refractivity contribution in [3.63, 3.8) is 0 Å². The van der Waals surface area contributed by atoms with Crippen molar-refractivity contribution in [3.8, 4) is 0 Å². The van der Waals surface area contributed by atoms with Crippen LogP contribution in [0.3, 0.4) is 0 Å². The van der Waals surface area contributed by atoms with E-state index in [9.17, 15) is 9.59 Å². The molecule has 102 valence electrons. The molecule has 1 aromatic rings. The molecule has 1 aromatic carbocycles. The zero-order valence-electron chi connectivity index (χ0n) is 10.3. The lowest BCUT2D eigenvalue weighted by Crippen LogP contribution is -2.33. The molecule has 0 saturated carbocycles. The van der Waals surface area contributed by atoms with Gasteiger partial charge in [-0.25, -0.2) is 0 Å². The second-order valence-electron chi connectivity index (χ2n) is 3.94. The summed E-state index contributed by atoms with van der Waals surface area (Å²) < 4.78 is 10.2. The zero-order valence-corrected chi connectivity index (χ0v) is 11.1. The first kappa shape index (κ1) is 14.0. The van der Waals surface area contributed by atoms with Crippen LogP contribution in [-0.4, -0.2) is 49.1 Å². The molecule has 0 aliphatic carbocycles. The van der Waals surface area contributed by atoms with Crippen molar-refractivity contribution in [2.24, 2.45) is 0 Å². The van der Waals surface area contributed by atoms with Crippen LogP contribution in [0.25, 0.3) is 0 Å². The Bertz CT molecular complexity index is 442. The topological polar surface area (TPSA) is 55.8 Å². The number of ether oxygens (including phenoxy) is 2. The van der Waals surface area contributed by atoms with Crippen LogP contribution in [0.5, 0.6) is 0 Å². The number of carbonyl (C=O) groups is 2. The number of halogens is 1. The molecule has 0 atom stereocenters. The van der Waals surface area contributed by atoms with Crippen LogP contribution >= 0.6 is 11.6 Å². The third-order valence-electron chi connectivity index (χ3n) is 2.79. The normalized spacial score (nSPS) is 14.1. The Labute approximate surface area is 116 Å². The summed E-state index contributed by atoms with van der Waals surface area (Å²) in [6.07, 6.45) is 0. The number of alkyl halides is 1. The van der Waals surface area contributed by atoms with Gasteiger partial charge in [-0.3, -0.25) is 14.5 Å². The summed E-state index contributed by atoms with van der Waals surface area (Å²) in [7, 11) is 0. The lowest BCUT2D eigenvalue weighted by Gasteiger charge is -2.13. The fraction of sp³-hybridized carbons (Fsp3) is 0.385. The predicted molar refractivity (Wildman–Crippen MR) is 69.3 cm³/mol. The van der Waals surface area contributed by atoms with Crippen molar-refractivity contribution >= 4 is 23.4 Å². The van der Waals surface area contributed by atoms with E-state index < -0.39 is 0 Å². The number of benzene rings is 1. The molecule has 5 nitrogen and oxygen atoms in total. The number of nitrogens with zero attached hydrogens (tertiary/aromatic N) is 1. The maximum absolute atomic E-state index is 12.0. The van der Waals surface area contributed by atoms with Crippen LogP contribution in [0, 0.1) is 0 Å². The van der Waals surface area contributed by atoms with Gasteiger partial charge in [0.25, 0.3) is 11.8 Å². The summed E-state index contributed by atoms with van der Waals surface area (Å²) in [4.78, 5) is 25.2. The summed E-state index contributed by atoms with van der Waals surface area (Å²) in [6.45, 7) is 1.31. The number of fused-ring (bicyclic) bond motifs is 1. The van der Waals surface area contributed by atoms with Crippen LogP contribution in [0.2, 0.25) is 0 Å². The van der Waals surface area contributed by atoms with E-state index in [1.807, 2.05) is 0 Å². The minimum absolute atomic E-state index is 0.127. The Morgan fingerprint density at radius 2 is 1.53 bits per heavy atom. The van der Waals surface area contributed by atoms with Crippen LogP contribution in [0.4, 0.5) is 0 Å². The monoisotopic (exact) mass is 283 g/mol. The largest absolute Gasteiger partial charge is 0.377 e. The van der Waals surface area contributed by atoms with Gasteiger partial charge in [-0.15, -0.1) is 0 Å². The molecule has 2 rings (SSSR count). The van der Waals surface area contributed by atoms with Gasteiger partial charge in [0.2, 0.25) is 0 Å². The van der Waals surface area contributed by atoms with E-state index in [0.717, 1.165) is 0 Å². The third kappa shape index (κ3) is 3.12. The highest BCUT2D eigenvalue weighted by Crippen LogP contribution is 2.21. The highest BCUT2D eigenvalue weighted by molar-refractivity contribution is 6.21. The fourth-order valence-corrected chi connectivity index (χ4v) is 1.98. The van der Waals surface area contributed by atoms with E-state index in [4.69, 9.17) is 21.1 Å². The average molecular weight is 284 g/mol. The van der Waals surface area contributed by atoms with Crippen molar-refractivity contribution in [1.29, 1.82) is 0 Å². The molecule has 1 heterocycles. The third-order valence-corrected chi connectivity index (χ3v) is 2.94. The van der Waals surface area contributed by atoms with Crippen molar-refractivity contribution in [3.05, 3.63) is 35.4 Å². The first-order valence-electron chi connectivity index (χ1n) is 5.92. The maximum Gasteiger partial charge on any atom is 0.261 e. The smallest absolute Gasteiger partial charge is 0.261 e. The molecule has 0 bridgehead atoms. The highest BCUT2D eigenvalue weighted by Gasteiger charge is 2.34. The Kier molecular flexibility index (Phi) is 4.90. The van der Waals surface area contributed by atoms with Gasteiger partial charge < -0.3 is 9.47 Å². The lowest BCUT2D eigenvalue weighted by atomic mass is 10.1. The zero-order chi connectivity index (χ0) is 13.7. The summed E-state index contributed by atoms with van der Waals surface area (Å²) >= 11 is 5.33. The van der Waals surface area contributed by atoms with E-state index >= 15 is 0 Å². The van der Waals surface area contributed by atoms with E-state index in [1.165, 1.54) is 4.90 Å². The van der Waals surface area contributed by atoms with Crippen LogP contribution in [0.1, 0.15) is 20.7 Å². The number of rotatable bonds is 7. The molecule has 0 spiro atoms. The van der Waals surface area contributed by atoms with Crippen molar-refractivity contribution in [1.82, 2.24) is 4.90 Å². The quantitative estimate of drug-likeness (QED) is 0.432. The average Bonchev–Trinajstić information content (AvgIpc) is 2.68. The summed E-state index contributed by atoms with van der Waals surface area (Å²) in [5.74, 6) is -0.526. The van der Waals surface area contributed by atoms with Gasteiger partial charge in [0, 0.05) is 0 Å². The summed E-state index contributed by atoms with van der Waals surface area (Å²) in [6, 6.07) is 6.93. The Morgan fingerprint density at radius 3 is 2.11 bits per heavy atom. The Hall–Kier alpha value is -1.43. The fourth-order valence-electron chi connectivity index (χ4n) is 1.87. The number of carbonyl (C=O) groups excluding carboxylic acids is 2. The Balaban J connectivity index is 1.83. The molecule has 0 aromatic heterocycles. The van der Waals surface area contributed by atoms with E-state index in [0.29, 0.717) is 24.3 Å². The van der Waals surface area contributed by atoms with Crippen molar-refractivity contribution < 1.29 is 19.1 Å². The second-order valence-corrected chi connectivity index (χ2v) is 4.16. The molecule has 0 radical (unpaired) electrons. The minimum Gasteiger partial charge on any atom is -0.377 e. The van der Waals surface area contributed by atoms with Gasteiger partial charge in [0.1, 0.15) is 6.07 Å². The minimum atomic E-state index is -0.263. The molecule has 19 heavy (non-hydrogen) atoms. The standard InChI is InChI=1S/C13H14ClNO4/c14-9-19-8-7-18-6-5-15-12(16)10-3-1-2-4-11(10)13(15)17/h1-4H,5-9H2. The second kappa shape index (κ2) is 6.65.